The number of aliphatic hydroxyl groups excluding tert-OH is 2. The molecule has 0 fully saturated rings. The second-order valence-corrected chi connectivity index (χ2v) is 3.51. The molecule has 0 aliphatic carbocycles. The lowest BCUT2D eigenvalue weighted by molar-refractivity contribution is -0.133. The number of amides is 1. The predicted molar refractivity (Wildman–Crippen MR) is 59.8 cm³/mol. The molecule has 1 unspecified atom stereocenters. The lowest BCUT2D eigenvalue weighted by Gasteiger charge is -2.24. The van der Waals surface area contributed by atoms with Gasteiger partial charge in [-0.3, -0.25) is 4.79 Å². The molecule has 0 saturated carbocycles. The Hall–Kier alpha value is -0.690. The van der Waals surface area contributed by atoms with E-state index in [-0.39, 0.29) is 32.2 Å². The van der Waals surface area contributed by atoms with Crippen molar-refractivity contribution in [3.63, 3.8) is 0 Å². The molecule has 0 aromatic rings. The van der Waals surface area contributed by atoms with Gasteiger partial charge in [-0.15, -0.1) is 0 Å². The molecule has 1 atom stereocenters. The molecule has 0 aromatic heterocycles. The lowest BCUT2D eigenvalue weighted by Crippen LogP contribution is -2.46. The molecule has 6 nitrogen and oxygen atoms in total. The summed E-state index contributed by atoms with van der Waals surface area (Å²) in [5.74, 6) is -0.237. The fourth-order valence-electron chi connectivity index (χ4n) is 1.38. The van der Waals surface area contributed by atoms with Crippen LogP contribution in [0.2, 0.25) is 0 Å². The van der Waals surface area contributed by atoms with Gasteiger partial charge in [0, 0.05) is 26.8 Å². The first kappa shape index (κ1) is 15.3. The number of nitrogens with two attached hydrogens (primary N) is 1. The van der Waals surface area contributed by atoms with E-state index in [0.29, 0.717) is 13.0 Å². The first-order valence-electron chi connectivity index (χ1n) is 5.42. The van der Waals surface area contributed by atoms with Crippen molar-refractivity contribution in [3.05, 3.63) is 0 Å². The minimum atomic E-state index is -0.590. The van der Waals surface area contributed by atoms with Gasteiger partial charge in [-0.1, -0.05) is 0 Å². The SMILES string of the molecule is COCCCC(N)C(=O)N(CCO)CCO. The topological polar surface area (TPSA) is 96.0 Å². The summed E-state index contributed by atoms with van der Waals surface area (Å²) in [6.45, 7) is 0.725. The minimum absolute atomic E-state index is 0.128. The van der Waals surface area contributed by atoms with Crippen LogP contribution in [-0.4, -0.2) is 67.1 Å². The van der Waals surface area contributed by atoms with Crippen molar-refractivity contribution in [2.24, 2.45) is 5.73 Å². The third-order valence-electron chi connectivity index (χ3n) is 2.23. The Morgan fingerprint density at radius 2 is 1.94 bits per heavy atom. The first-order valence-corrected chi connectivity index (χ1v) is 5.42. The van der Waals surface area contributed by atoms with Gasteiger partial charge < -0.3 is 25.6 Å². The standard InChI is InChI=1S/C10H22N2O4/c1-16-8-2-3-9(11)10(15)12(4-6-13)5-7-14/h9,13-14H,2-8,11H2,1H3. The maximum atomic E-state index is 11.8. The zero-order chi connectivity index (χ0) is 12.4. The molecule has 0 aromatic carbocycles. The Morgan fingerprint density at radius 3 is 2.38 bits per heavy atom. The van der Waals surface area contributed by atoms with E-state index in [4.69, 9.17) is 20.7 Å². The third-order valence-corrected chi connectivity index (χ3v) is 2.23. The van der Waals surface area contributed by atoms with Gasteiger partial charge in [-0.2, -0.15) is 0 Å². The van der Waals surface area contributed by atoms with E-state index in [1.807, 2.05) is 0 Å². The van der Waals surface area contributed by atoms with Crippen LogP contribution in [0.25, 0.3) is 0 Å². The quantitative estimate of drug-likeness (QED) is 0.424. The molecule has 4 N–H and O–H groups in total. The van der Waals surface area contributed by atoms with Crippen molar-refractivity contribution in [1.29, 1.82) is 0 Å². The second kappa shape index (κ2) is 9.53. The Labute approximate surface area is 96.0 Å². The van der Waals surface area contributed by atoms with E-state index in [2.05, 4.69) is 0 Å². The maximum Gasteiger partial charge on any atom is 0.239 e. The van der Waals surface area contributed by atoms with Crippen LogP contribution in [0.15, 0.2) is 0 Å². The molecule has 0 rings (SSSR count). The van der Waals surface area contributed by atoms with Crippen LogP contribution in [0.4, 0.5) is 0 Å². The zero-order valence-corrected chi connectivity index (χ0v) is 9.76. The number of nitrogens with zero attached hydrogens (tertiary/aromatic N) is 1. The summed E-state index contributed by atoms with van der Waals surface area (Å²) in [7, 11) is 1.59. The van der Waals surface area contributed by atoms with Crippen molar-refractivity contribution in [1.82, 2.24) is 4.90 Å². The van der Waals surface area contributed by atoms with Crippen molar-refractivity contribution in [3.8, 4) is 0 Å². The molecule has 0 aliphatic rings. The van der Waals surface area contributed by atoms with Gasteiger partial charge in [0.1, 0.15) is 0 Å². The van der Waals surface area contributed by atoms with Gasteiger partial charge in [-0.05, 0) is 12.8 Å². The highest BCUT2D eigenvalue weighted by Crippen LogP contribution is 2.00. The number of aliphatic hydroxyl groups is 2. The molecule has 1 amide bonds. The van der Waals surface area contributed by atoms with Crippen LogP contribution in [0, 0.1) is 0 Å². The van der Waals surface area contributed by atoms with Gasteiger partial charge >= 0.3 is 0 Å². The summed E-state index contributed by atoms with van der Waals surface area (Å²) in [4.78, 5) is 13.1. The summed E-state index contributed by atoms with van der Waals surface area (Å²) in [5.41, 5.74) is 5.71. The average molecular weight is 234 g/mol. The normalized spacial score (nSPS) is 12.5. The Kier molecular flexibility index (Phi) is 9.12. The molecular formula is C10H22N2O4. The molecule has 16 heavy (non-hydrogen) atoms. The molecule has 0 spiro atoms. The molecular weight excluding hydrogens is 212 g/mol. The Morgan fingerprint density at radius 1 is 1.38 bits per heavy atom. The number of rotatable bonds is 9. The van der Waals surface area contributed by atoms with Crippen LogP contribution in [0.3, 0.4) is 0 Å². The van der Waals surface area contributed by atoms with Gasteiger partial charge in [0.2, 0.25) is 5.91 Å². The fraction of sp³-hybridized carbons (Fsp3) is 0.900. The number of hydrogen-bond acceptors (Lipinski definition) is 5. The van der Waals surface area contributed by atoms with Gasteiger partial charge in [0.15, 0.2) is 0 Å². The smallest absolute Gasteiger partial charge is 0.239 e. The molecule has 0 saturated heterocycles. The Balaban J connectivity index is 4.03. The van der Waals surface area contributed by atoms with Gasteiger partial charge in [0.25, 0.3) is 0 Å². The van der Waals surface area contributed by atoms with Gasteiger partial charge in [0.05, 0.1) is 19.3 Å². The highest BCUT2D eigenvalue weighted by molar-refractivity contribution is 5.81. The van der Waals surface area contributed by atoms with Crippen LogP contribution in [-0.2, 0) is 9.53 Å². The van der Waals surface area contributed by atoms with E-state index in [9.17, 15) is 4.79 Å². The first-order chi connectivity index (χ1) is 7.67. The second-order valence-electron chi connectivity index (χ2n) is 3.51. The summed E-state index contributed by atoms with van der Waals surface area (Å²) >= 11 is 0. The van der Waals surface area contributed by atoms with Gasteiger partial charge in [-0.25, -0.2) is 0 Å². The number of methoxy groups -OCH3 is 1. The van der Waals surface area contributed by atoms with Crippen LogP contribution < -0.4 is 5.73 Å². The van der Waals surface area contributed by atoms with Crippen LogP contribution >= 0.6 is 0 Å². The monoisotopic (exact) mass is 234 g/mol. The summed E-state index contributed by atoms with van der Waals surface area (Å²) in [6, 6.07) is -0.590. The molecule has 0 bridgehead atoms. The number of carbonyl (C=O) groups excluding carboxylic acids is 1. The molecule has 6 heteroatoms. The van der Waals surface area contributed by atoms with Crippen LogP contribution in [0.5, 0.6) is 0 Å². The summed E-state index contributed by atoms with van der Waals surface area (Å²) < 4.78 is 4.87. The highest BCUT2D eigenvalue weighted by atomic mass is 16.5. The zero-order valence-electron chi connectivity index (χ0n) is 9.76. The minimum Gasteiger partial charge on any atom is -0.395 e. The number of hydrogen-bond donors (Lipinski definition) is 3. The molecule has 0 radical (unpaired) electrons. The van der Waals surface area contributed by atoms with E-state index < -0.39 is 6.04 Å². The van der Waals surface area contributed by atoms with E-state index in [1.54, 1.807) is 7.11 Å². The van der Waals surface area contributed by atoms with Crippen molar-refractivity contribution in [2.45, 2.75) is 18.9 Å². The van der Waals surface area contributed by atoms with Crippen LogP contribution in [0.1, 0.15) is 12.8 Å². The van der Waals surface area contributed by atoms with E-state index in [1.165, 1.54) is 4.90 Å². The molecule has 0 aliphatic heterocycles. The highest BCUT2D eigenvalue weighted by Gasteiger charge is 2.19. The number of ether oxygens (including phenoxy) is 1. The average Bonchev–Trinajstić information content (AvgIpc) is 2.28. The van der Waals surface area contributed by atoms with E-state index >= 15 is 0 Å². The number of carbonyl (C=O) groups is 1. The van der Waals surface area contributed by atoms with Crippen molar-refractivity contribution in [2.75, 3.05) is 40.0 Å². The largest absolute Gasteiger partial charge is 0.395 e. The third kappa shape index (κ3) is 6.02. The molecule has 96 valence electrons. The maximum absolute atomic E-state index is 11.8. The summed E-state index contributed by atoms with van der Waals surface area (Å²) in [6.07, 6.45) is 1.26. The lowest BCUT2D eigenvalue weighted by atomic mass is 10.1. The van der Waals surface area contributed by atoms with E-state index in [0.717, 1.165) is 6.42 Å². The molecule has 0 heterocycles. The van der Waals surface area contributed by atoms with Crippen molar-refractivity contribution < 1.29 is 19.7 Å². The van der Waals surface area contributed by atoms with Crippen molar-refractivity contribution >= 4 is 5.91 Å². The Bertz CT molecular complexity index is 184. The predicted octanol–water partition coefficient (Wildman–Crippen LogP) is -1.45. The fourth-order valence-corrected chi connectivity index (χ4v) is 1.38. The summed E-state index contributed by atoms with van der Waals surface area (Å²) in [5, 5.41) is 17.5.